The highest BCUT2D eigenvalue weighted by Gasteiger charge is 2.06. The number of halogens is 1. The van der Waals surface area contributed by atoms with Crippen LogP contribution in [0.5, 0.6) is 0 Å². The van der Waals surface area contributed by atoms with Gasteiger partial charge in [0.15, 0.2) is 5.11 Å². The lowest BCUT2D eigenvalue weighted by Crippen LogP contribution is -2.24. The molecule has 0 amide bonds. The largest absolute Gasteiger partial charge is 0.463 e. The second-order valence-corrected chi connectivity index (χ2v) is 3.83. The van der Waals surface area contributed by atoms with E-state index in [1.807, 2.05) is 0 Å². The van der Waals surface area contributed by atoms with Gasteiger partial charge in [-0.2, -0.15) is 5.10 Å². The number of nitrogens with zero attached hydrogens (tertiary/aromatic N) is 1. The molecule has 0 atom stereocenters. The third-order valence-corrected chi connectivity index (χ3v) is 2.23. The van der Waals surface area contributed by atoms with Crippen molar-refractivity contribution >= 4 is 34.5 Å². The zero-order valence-electron chi connectivity index (χ0n) is 9.01. The number of thiocarbonyl (C=S) groups is 1. The third-order valence-electron chi connectivity index (χ3n) is 2.14. The molecule has 0 aliphatic rings. The molecule has 7 heteroatoms. The van der Waals surface area contributed by atoms with Gasteiger partial charge in [-0.15, -0.1) is 0 Å². The molecule has 2 rings (SSSR count). The van der Waals surface area contributed by atoms with Gasteiger partial charge in [-0.1, -0.05) is 0 Å². The van der Waals surface area contributed by atoms with Crippen molar-refractivity contribution in [3.05, 3.63) is 46.1 Å². The van der Waals surface area contributed by atoms with E-state index in [0.717, 1.165) is 6.07 Å². The fraction of sp³-hybridized carbons (Fsp3) is 0. The van der Waals surface area contributed by atoms with Gasteiger partial charge in [0.05, 0.1) is 17.2 Å². The summed E-state index contributed by atoms with van der Waals surface area (Å²) < 4.78 is 18.2. The van der Waals surface area contributed by atoms with Crippen LogP contribution in [0.25, 0.3) is 11.0 Å². The summed E-state index contributed by atoms with van der Waals surface area (Å²) in [5.41, 5.74) is 7.55. The Morgan fingerprint density at radius 3 is 3.06 bits per heavy atom. The predicted molar refractivity (Wildman–Crippen MR) is 70.0 cm³/mol. The first-order chi connectivity index (χ1) is 8.58. The Hall–Kier alpha value is -2.28. The fourth-order valence-electron chi connectivity index (χ4n) is 1.37. The maximum Gasteiger partial charge on any atom is 0.201 e. The van der Waals surface area contributed by atoms with E-state index < -0.39 is 5.82 Å². The summed E-state index contributed by atoms with van der Waals surface area (Å²) in [4.78, 5) is 11.9. The molecular formula is C11H8FN3O2S. The van der Waals surface area contributed by atoms with Crippen LogP contribution >= 0.6 is 12.2 Å². The Balaban J connectivity index is 2.47. The molecule has 0 bridgehead atoms. The summed E-state index contributed by atoms with van der Waals surface area (Å²) in [6, 6.07) is 3.72. The number of hydrazone groups is 1. The van der Waals surface area contributed by atoms with Gasteiger partial charge < -0.3 is 10.2 Å². The normalized spacial score (nSPS) is 10.9. The lowest BCUT2D eigenvalue weighted by Gasteiger charge is -1.98. The van der Waals surface area contributed by atoms with Crippen molar-refractivity contribution in [3.8, 4) is 0 Å². The molecule has 0 saturated carbocycles. The topological polar surface area (TPSA) is 80.6 Å². The Morgan fingerprint density at radius 2 is 2.33 bits per heavy atom. The molecule has 18 heavy (non-hydrogen) atoms. The number of hydrogen-bond acceptors (Lipinski definition) is 4. The summed E-state index contributed by atoms with van der Waals surface area (Å²) in [6.45, 7) is 0. The van der Waals surface area contributed by atoms with Crippen LogP contribution in [0.15, 0.2) is 38.8 Å². The maximum atomic E-state index is 13.0. The van der Waals surface area contributed by atoms with Crippen molar-refractivity contribution in [2.24, 2.45) is 10.8 Å². The Labute approximate surface area is 106 Å². The van der Waals surface area contributed by atoms with E-state index in [9.17, 15) is 9.18 Å². The monoisotopic (exact) mass is 265 g/mol. The molecule has 0 fully saturated rings. The van der Waals surface area contributed by atoms with Gasteiger partial charge in [0.2, 0.25) is 5.43 Å². The SMILES string of the molecule is NC(=S)N/N=C\c1coc2ccc(F)cc2c1=O. The smallest absolute Gasteiger partial charge is 0.201 e. The van der Waals surface area contributed by atoms with E-state index in [1.165, 1.54) is 24.6 Å². The highest BCUT2D eigenvalue weighted by Crippen LogP contribution is 2.12. The highest BCUT2D eigenvalue weighted by atomic mass is 32.1. The number of nitrogens with two attached hydrogens (primary N) is 1. The van der Waals surface area contributed by atoms with Gasteiger partial charge in [-0.3, -0.25) is 10.2 Å². The van der Waals surface area contributed by atoms with Crippen LogP contribution in [-0.4, -0.2) is 11.3 Å². The molecule has 1 aromatic carbocycles. The first-order valence-corrected chi connectivity index (χ1v) is 5.28. The van der Waals surface area contributed by atoms with Gasteiger partial charge in [0.25, 0.3) is 0 Å². The first kappa shape index (κ1) is 12.2. The van der Waals surface area contributed by atoms with Gasteiger partial charge in [0.1, 0.15) is 17.7 Å². The molecule has 3 N–H and O–H groups in total. The molecule has 0 aliphatic carbocycles. The average molecular weight is 265 g/mol. The predicted octanol–water partition coefficient (Wildman–Crippen LogP) is 1.10. The number of rotatable bonds is 2. The lowest BCUT2D eigenvalue weighted by molar-refractivity contribution is 0.595. The van der Waals surface area contributed by atoms with Crippen LogP contribution in [-0.2, 0) is 0 Å². The lowest BCUT2D eigenvalue weighted by atomic mass is 10.2. The molecule has 1 heterocycles. The van der Waals surface area contributed by atoms with Gasteiger partial charge in [-0.25, -0.2) is 4.39 Å². The van der Waals surface area contributed by atoms with E-state index in [-0.39, 0.29) is 21.5 Å². The maximum absolute atomic E-state index is 13.0. The van der Waals surface area contributed by atoms with Gasteiger partial charge in [-0.05, 0) is 30.4 Å². The van der Waals surface area contributed by atoms with E-state index in [4.69, 9.17) is 10.2 Å². The Kier molecular flexibility index (Phi) is 3.33. The average Bonchev–Trinajstić information content (AvgIpc) is 2.32. The van der Waals surface area contributed by atoms with Crippen LogP contribution in [0.1, 0.15) is 5.56 Å². The third kappa shape index (κ3) is 2.51. The van der Waals surface area contributed by atoms with Crippen molar-refractivity contribution in [1.29, 1.82) is 0 Å². The van der Waals surface area contributed by atoms with Crippen LogP contribution < -0.4 is 16.6 Å². The summed E-state index contributed by atoms with van der Waals surface area (Å²) in [7, 11) is 0. The molecule has 0 aliphatic heterocycles. The van der Waals surface area contributed by atoms with Gasteiger partial charge >= 0.3 is 0 Å². The Morgan fingerprint density at radius 1 is 1.56 bits per heavy atom. The number of benzene rings is 1. The number of nitrogens with one attached hydrogen (secondary N) is 1. The molecule has 92 valence electrons. The van der Waals surface area contributed by atoms with E-state index >= 15 is 0 Å². The molecule has 0 spiro atoms. The summed E-state index contributed by atoms with van der Waals surface area (Å²) in [6.07, 6.45) is 2.43. The summed E-state index contributed by atoms with van der Waals surface area (Å²) in [5.74, 6) is -0.509. The van der Waals surface area contributed by atoms with Crippen LogP contribution in [0.4, 0.5) is 4.39 Å². The second kappa shape index (κ2) is 4.92. The van der Waals surface area contributed by atoms with Crippen LogP contribution in [0.3, 0.4) is 0 Å². The molecule has 0 saturated heterocycles. The van der Waals surface area contributed by atoms with E-state index in [0.29, 0.717) is 5.58 Å². The number of hydrogen-bond donors (Lipinski definition) is 2. The van der Waals surface area contributed by atoms with Crippen molar-refractivity contribution in [3.63, 3.8) is 0 Å². The van der Waals surface area contributed by atoms with E-state index in [2.05, 4.69) is 22.7 Å². The molecule has 5 nitrogen and oxygen atoms in total. The molecule has 2 aromatic rings. The van der Waals surface area contributed by atoms with Crippen molar-refractivity contribution in [2.45, 2.75) is 0 Å². The van der Waals surface area contributed by atoms with Crippen molar-refractivity contribution in [2.75, 3.05) is 0 Å². The fourth-order valence-corrected chi connectivity index (χ4v) is 1.43. The van der Waals surface area contributed by atoms with Crippen molar-refractivity contribution in [1.82, 2.24) is 5.43 Å². The quantitative estimate of drug-likeness (QED) is 0.483. The molecule has 0 radical (unpaired) electrons. The minimum atomic E-state index is -0.509. The van der Waals surface area contributed by atoms with Crippen molar-refractivity contribution < 1.29 is 8.81 Å². The zero-order valence-corrected chi connectivity index (χ0v) is 9.83. The van der Waals surface area contributed by atoms with Crippen LogP contribution in [0, 0.1) is 5.82 Å². The number of fused-ring (bicyclic) bond motifs is 1. The van der Waals surface area contributed by atoms with Crippen LogP contribution in [0.2, 0.25) is 0 Å². The summed E-state index contributed by atoms with van der Waals surface area (Å²) >= 11 is 4.54. The standard InChI is InChI=1S/C11H8FN3O2S/c12-7-1-2-9-8(3-7)10(16)6(5-17-9)4-14-15-11(13)18/h1-5H,(H3,13,15,18)/b14-4-. The summed E-state index contributed by atoms with van der Waals surface area (Å²) in [5, 5.41) is 3.76. The highest BCUT2D eigenvalue weighted by molar-refractivity contribution is 7.80. The molecule has 1 aromatic heterocycles. The Bertz CT molecular complexity index is 696. The van der Waals surface area contributed by atoms with E-state index in [1.54, 1.807) is 0 Å². The molecule has 0 unspecified atom stereocenters. The molecular weight excluding hydrogens is 257 g/mol. The zero-order chi connectivity index (χ0) is 13.1. The minimum absolute atomic E-state index is 0.0255. The van der Waals surface area contributed by atoms with Gasteiger partial charge in [0, 0.05) is 0 Å². The second-order valence-electron chi connectivity index (χ2n) is 3.39. The first-order valence-electron chi connectivity index (χ1n) is 4.87. The minimum Gasteiger partial charge on any atom is -0.463 e.